The van der Waals surface area contributed by atoms with Gasteiger partial charge in [0.1, 0.15) is 0 Å². The summed E-state index contributed by atoms with van der Waals surface area (Å²) in [5, 5.41) is 12.8. The number of nitrogens with one attached hydrogen (secondary N) is 1. The van der Waals surface area contributed by atoms with Crippen molar-refractivity contribution in [3.8, 4) is 0 Å². The molecule has 0 heterocycles. The van der Waals surface area contributed by atoms with Crippen molar-refractivity contribution in [2.45, 2.75) is 39.0 Å². The lowest BCUT2D eigenvalue weighted by atomic mass is 10.1. The zero-order valence-electron chi connectivity index (χ0n) is 10.8. The highest BCUT2D eigenvalue weighted by Gasteiger charge is 2.02. The molecule has 0 aliphatic carbocycles. The van der Waals surface area contributed by atoms with Crippen LogP contribution in [-0.4, -0.2) is 24.9 Å². The van der Waals surface area contributed by atoms with Gasteiger partial charge in [-0.1, -0.05) is 37.6 Å². The molecule has 17 heavy (non-hydrogen) atoms. The minimum atomic E-state index is -0.234. The van der Waals surface area contributed by atoms with E-state index in [0.717, 1.165) is 19.4 Å². The first-order valence-electron chi connectivity index (χ1n) is 6.21. The number of rotatable bonds is 8. The fourth-order valence-electron chi connectivity index (χ4n) is 1.81. The molecule has 1 rings (SSSR count). The Balaban J connectivity index is 2.33. The maximum Gasteiger partial charge on any atom is 0.0713 e. The summed E-state index contributed by atoms with van der Waals surface area (Å²) in [5.41, 5.74) is 2.41. The van der Waals surface area contributed by atoms with E-state index in [0.29, 0.717) is 13.2 Å². The maximum absolute atomic E-state index is 9.58. The smallest absolute Gasteiger partial charge is 0.0713 e. The molecule has 0 fully saturated rings. The molecule has 1 unspecified atom stereocenters. The minimum Gasteiger partial charge on any atom is -0.392 e. The SMILES string of the molecule is CCCC(O)CNCc1cccc(COC)c1. The van der Waals surface area contributed by atoms with Gasteiger partial charge in [-0.2, -0.15) is 0 Å². The van der Waals surface area contributed by atoms with Crippen LogP contribution < -0.4 is 5.32 Å². The first kappa shape index (κ1) is 14.2. The molecule has 0 saturated carbocycles. The molecule has 1 aromatic rings. The lowest BCUT2D eigenvalue weighted by molar-refractivity contribution is 0.160. The molecule has 0 aromatic heterocycles. The van der Waals surface area contributed by atoms with Crippen LogP contribution in [-0.2, 0) is 17.9 Å². The molecule has 0 radical (unpaired) electrons. The van der Waals surface area contributed by atoms with Crippen molar-refractivity contribution in [2.24, 2.45) is 0 Å². The predicted octanol–water partition coefficient (Wildman–Crippen LogP) is 2.08. The third-order valence-corrected chi connectivity index (χ3v) is 2.63. The van der Waals surface area contributed by atoms with Crippen LogP contribution >= 0.6 is 0 Å². The molecule has 0 bridgehead atoms. The lowest BCUT2D eigenvalue weighted by Crippen LogP contribution is -2.26. The van der Waals surface area contributed by atoms with E-state index in [1.54, 1.807) is 7.11 Å². The van der Waals surface area contributed by atoms with E-state index >= 15 is 0 Å². The molecule has 0 saturated heterocycles. The maximum atomic E-state index is 9.58. The Morgan fingerprint density at radius 2 is 2.12 bits per heavy atom. The van der Waals surface area contributed by atoms with E-state index in [4.69, 9.17) is 4.74 Å². The molecule has 2 N–H and O–H groups in total. The Morgan fingerprint density at radius 3 is 2.82 bits per heavy atom. The Morgan fingerprint density at radius 1 is 1.35 bits per heavy atom. The van der Waals surface area contributed by atoms with E-state index in [2.05, 4.69) is 30.4 Å². The van der Waals surface area contributed by atoms with Crippen LogP contribution in [0.1, 0.15) is 30.9 Å². The van der Waals surface area contributed by atoms with E-state index < -0.39 is 0 Å². The molecule has 3 heteroatoms. The zero-order valence-corrected chi connectivity index (χ0v) is 10.8. The first-order valence-corrected chi connectivity index (χ1v) is 6.21. The molecule has 1 aromatic carbocycles. The second-order valence-corrected chi connectivity index (χ2v) is 4.33. The summed E-state index contributed by atoms with van der Waals surface area (Å²) in [6, 6.07) is 8.30. The molecule has 3 nitrogen and oxygen atoms in total. The molecule has 0 aliphatic heterocycles. The number of hydrogen-bond donors (Lipinski definition) is 2. The summed E-state index contributed by atoms with van der Waals surface area (Å²) < 4.78 is 5.10. The zero-order chi connectivity index (χ0) is 12.5. The summed E-state index contributed by atoms with van der Waals surface area (Å²) in [4.78, 5) is 0. The summed E-state index contributed by atoms with van der Waals surface area (Å²) in [6.45, 7) is 4.17. The number of benzene rings is 1. The molecule has 0 spiro atoms. The molecule has 0 amide bonds. The second-order valence-electron chi connectivity index (χ2n) is 4.33. The monoisotopic (exact) mass is 237 g/mol. The number of hydrogen-bond acceptors (Lipinski definition) is 3. The fourth-order valence-corrected chi connectivity index (χ4v) is 1.81. The molecular formula is C14H23NO2. The summed E-state index contributed by atoms with van der Waals surface area (Å²) in [6.07, 6.45) is 1.64. The van der Waals surface area contributed by atoms with Crippen molar-refractivity contribution in [3.63, 3.8) is 0 Å². The van der Waals surface area contributed by atoms with Crippen LogP contribution in [0.4, 0.5) is 0 Å². The fraction of sp³-hybridized carbons (Fsp3) is 0.571. The van der Waals surface area contributed by atoms with Crippen LogP contribution in [0, 0.1) is 0 Å². The summed E-state index contributed by atoms with van der Waals surface area (Å²) in [7, 11) is 1.70. The summed E-state index contributed by atoms with van der Waals surface area (Å²) in [5.74, 6) is 0. The molecule has 1 atom stereocenters. The highest BCUT2D eigenvalue weighted by atomic mass is 16.5. The Labute approximate surface area is 104 Å². The molecular weight excluding hydrogens is 214 g/mol. The van der Waals surface area contributed by atoms with Crippen molar-refractivity contribution >= 4 is 0 Å². The van der Waals surface area contributed by atoms with Crippen LogP contribution in [0.25, 0.3) is 0 Å². The predicted molar refractivity (Wildman–Crippen MR) is 69.8 cm³/mol. The standard InChI is InChI=1S/C14H23NO2/c1-3-5-14(16)10-15-9-12-6-4-7-13(8-12)11-17-2/h4,6-8,14-16H,3,5,9-11H2,1-2H3. The number of aliphatic hydroxyl groups is 1. The van der Waals surface area contributed by atoms with Gasteiger partial charge in [-0.25, -0.2) is 0 Å². The minimum absolute atomic E-state index is 0.234. The highest BCUT2D eigenvalue weighted by Crippen LogP contribution is 2.06. The Kier molecular flexibility index (Phi) is 6.86. The van der Waals surface area contributed by atoms with Gasteiger partial charge in [-0.3, -0.25) is 0 Å². The average molecular weight is 237 g/mol. The van der Waals surface area contributed by atoms with E-state index in [9.17, 15) is 5.11 Å². The van der Waals surface area contributed by atoms with Gasteiger partial charge >= 0.3 is 0 Å². The van der Waals surface area contributed by atoms with Gasteiger partial charge in [0.2, 0.25) is 0 Å². The van der Waals surface area contributed by atoms with Gasteiger partial charge in [-0.15, -0.1) is 0 Å². The van der Waals surface area contributed by atoms with Gasteiger partial charge < -0.3 is 15.2 Å². The van der Waals surface area contributed by atoms with E-state index in [1.165, 1.54) is 11.1 Å². The number of aliphatic hydroxyl groups excluding tert-OH is 1. The van der Waals surface area contributed by atoms with Crippen molar-refractivity contribution in [2.75, 3.05) is 13.7 Å². The van der Waals surface area contributed by atoms with Crippen LogP contribution in [0.3, 0.4) is 0 Å². The van der Waals surface area contributed by atoms with Crippen LogP contribution in [0.15, 0.2) is 24.3 Å². The third kappa shape index (κ3) is 5.82. The second kappa shape index (κ2) is 8.23. The molecule has 96 valence electrons. The van der Waals surface area contributed by atoms with Crippen molar-refractivity contribution in [1.29, 1.82) is 0 Å². The van der Waals surface area contributed by atoms with Gasteiger partial charge in [0.25, 0.3) is 0 Å². The third-order valence-electron chi connectivity index (χ3n) is 2.63. The van der Waals surface area contributed by atoms with Gasteiger partial charge in [0, 0.05) is 20.2 Å². The van der Waals surface area contributed by atoms with E-state index in [-0.39, 0.29) is 6.10 Å². The lowest BCUT2D eigenvalue weighted by Gasteiger charge is -2.11. The number of ether oxygens (including phenoxy) is 1. The largest absolute Gasteiger partial charge is 0.392 e. The Bertz CT molecular complexity index is 315. The van der Waals surface area contributed by atoms with Crippen molar-refractivity contribution in [3.05, 3.63) is 35.4 Å². The van der Waals surface area contributed by atoms with Gasteiger partial charge in [0.15, 0.2) is 0 Å². The normalized spacial score (nSPS) is 12.6. The van der Waals surface area contributed by atoms with Crippen molar-refractivity contribution < 1.29 is 9.84 Å². The van der Waals surface area contributed by atoms with Gasteiger partial charge in [0.05, 0.1) is 12.7 Å². The highest BCUT2D eigenvalue weighted by molar-refractivity contribution is 5.22. The molecule has 0 aliphatic rings. The first-order chi connectivity index (χ1) is 8.26. The quantitative estimate of drug-likeness (QED) is 0.727. The van der Waals surface area contributed by atoms with Crippen LogP contribution in [0.2, 0.25) is 0 Å². The van der Waals surface area contributed by atoms with Crippen molar-refractivity contribution in [1.82, 2.24) is 5.32 Å². The van der Waals surface area contributed by atoms with E-state index in [1.807, 2.05) is 6.07 Å². The van der Waals surface area contributed by atoms with Crippen LogP contribution in [0.5, 0.6) is 0 Å². The average Bonchev–Trinajstić information content (AvgIpc) is 2.30. The summed E-state index contributed by atoms with van der Waals surface area (Å²) >= 11 is 0. The Hall–Kier alpha value is -0.900. The topological polar surface area (TPSA) is 41.5 Å². The number of methoxy groups -OCH3 is 1. The van der Waals surface area contributed by atoms with Gasteiger partial charge in [-0.05, 0) is 17.5 Å².